The van der Waals surface area contributed by atoms with Gasteiger partial charge >= 0.3 is 6.55 Å². The smallest absolute Gasteiger partial charge is 0.333 e. The first-order valence-corrected chi connectivity index (χ1v) is 19.3. The van der Waals surface area contributed by atoms with Crippen LogP contribution >= 0.6 is 22.9 Å². The Labute approximate surface area is 302 Å². The van der Waals surface area contributed by atoms with Gasteiger partial charge in [-0.3, -0.25) is 9.98 Å². The van der Waals surface area contributed by atoms with E-state index in [2.05, 4.69) is 19.8 Å². The fourth-order valence-corrected chi connectivity index (χ4v) is 9.93. The van der Waals surface area contributed by atoms with Crippen LogP contribution in [0.25, 0.3) is 5.57 Å². The fraction of sp³-hybridized carbons (Fsp3) is 0.412. The Hall–Kier alpha value is -3.67. The maximum absolute atomic E-state index is 14.2. The lowest BCUT2D eigenvalue weighted by Gasteiger charge is -2.36. The van der Waals surface area contributed by atoms with Gasteiger partial charge < -0.3 is 10.0 Å². The highest BCUT2D eigenvalue weighted by Crippen LogP contribution is 2.49. The lowest BCUT2D eigenvalue weighted by Crippen LogP contribution is -2.50. The molecule has 17 heteroatoms. The largest absolute Gasteiger partial charge is 0.383 e. The Kier molecular flexibility index (Phi) is 9.84. The summed E-state index contributed by atoms with van der Waals surface area (Å²) in [4.78, 5) is 15.8. The van der Waals surface area contributed by atoms with Crippen molar-refractivity contribution in [3.63, 3.8) is 0 Å². The molecule has 2 N–H and O–H groups in total. The SMILES string of the molecule is CCN(CC1CCC(C)C1(O)c1ccccn1)S(=O)(=O)NC1CC2=C(c3cnn(C(F)F)c3)[C@H](c3ccc(F)cc3Cl)N=C(c3nccs3)N2C1. The number of aliphatic hydroxyl groups is 1. The maximum atomic E-state index is 14.2. The molecule has 3 aliphatic rings. The number of amidine groups is 1. The zero-order valence-electron chi connectivity index (χ0n) is 27.7. The van der Waals surface area contributed by atoms with E-state index < -0.39 is 40.3 Å². The summed E-state index contributed by atoms with van der Waals surface area (Å²) in [5.74, 6) is -0.612. The maximum Gasteiger partial charge on any atom is 0.333 e. The monoisotopic (exact) mass is 760 g/mol. The lowest BCUT2D eigenvalue weighted by atomic mass is 9.81. The molecule has 0 amide bonds. The van der Waals surface area contributed by atoms with Crippen molar-refractivity contribution in [2.45, 2.75) is 57.3 Å². The van der Waals surface area contributed by atoms with Crippen LogP contribution < -0.4 is 4.72 Å². The molecule has 1 aromatic carbocycles. The van der Waals surface area contributed by atoms with Crippen molar-refractivity contribution in [2.75, 3.05) is 19.6 Å². The Bertz CT molecular complexity index is 2060. The predicted octanol–water partition coefficient (Wildman–Crippen LogP) is 6.00. The summed E-state index contributed by atoms with van der Waals surface area (Å²) >= 11 is 7.91. The van der Waals surface area contributed by atoms with Gasteiger partial charge in [0.05, 0.1) is 11.9 Å². The van der Waals surface area contributed by atoms with Gasteiger partial charge in [-0.25, -0.2) is 14.1 Å². The highest BCUT2D eigenvalue weighted by molar-refractivity contribution is 7.87. The first kappa shape index (κ1) is 35.7. The van der Waals surface area contributed by atoms with Crippen molar-refractivity contribution in [1.82, 2.24) is 33.7 Å². The Balaban J connectivity index is 1.24. The molecule has 5 heterocycles. The molecule has 51 heavy (non-hydrogen) atoms. The number of fused-ring (bicyclic) bond motifs is 1. The topological polar surface area (TPSA) is 129 Å². The molecule has 3 aromatic heterocycles. The van der Waals surface area contributed by atoms with Crippen LogP contribution in [0.2, 0.25) is 5.02 Å². The number of nitrogens with one attached hydrogen (secondary N) is 1. The average Bonchev–Trinajstić information content (AvgIpc) is 3.92. The number of aromatic nitrogens is 4. The van der Waals surface area contributed by atoms with E-state index in [9.17, 15) is 26.7 Å². The molecule has 1 aliphatic carbocycles. The van der Waals surface area contributed by atoms with Crippen molar-refractivity contribution in [2.24, 2.45) is 16.8 Å². The van der Waals surface area contributed by atoms with Gasteiger partial charge in [-0.2, -0.15) is 31.3 Å². The molecular formula is C34H36ClF3N8O3S2. The number of hydrogen-bond donors (Lipinski definition) is 2. The standard InChI is InChI=1S/C34H36ClF3N8O3S2/c1-3-44(18-22-8-7-20(2)34(22,47)28-6-4-5-11-39-28)51(48,49)43-24-15-27-29(21-16-41-46(17-21)33(37)38)30(25-10-9-23(36)14-26(25)35)42-31(45(27)19-24)32-40-12-13-50-32/h4-6,9-14,16-17,20,22,24,30,33,43,47H,3,7-8,15,18-19H2,1-2H3/t20?,22?,24?,30-,34?/m0/s1. The van der Waals surface area contributed by atoms with E-state index in [-0.39, 0.29) is 42.9 Å². The molecule has 7 rings (SSSR count). The summed E-state index contributed by atoms with van der Waals surface area (Å²) in [6, 6.07) is 7.75. The second-order valence-corrected chi connectivity index (χ2v) is 16.0. The van der Waals surface area contributed by atoms with Gasteiger partial charge in [0.25, 0.3) is 10.2 Å². The minimum atomic E-state index is -4.10. The molecule has 0 radical (unpaired) electrons. The number of rotatable bonds is 11. The Morgan fingerprint density at radius 2 is 2.02 bits per heavy atom. The second kappa shape index (κ2) is 14.0. The van der Waals surface area contributed by atoms with Gasteiger partial charge in [0.1, 0.15) is 17.5 Å². The summed E-state index contributed by atoms with van der Waals surface area (Å²) in [5.41, 5.74) is 1.12. The minimum absolute atomic E-state index is 0.0808. The van der Waals surface area contributed by atoms with E-state index in [1.807, 2.05) is 17.9 Å². The number of hydrogen-bond acceptors (Lipinski definition) is 9. The minimum Gasteiger partial charge on any atom is -0.383 e. The zero-order valence-corrected chi connectivity index (χ0v) is 30.1. The summed E-state index contributed by atoms with van der Waals surface area (Å²) in [7, 11) is -4.10. The van der Waals surface area contributed by atoms with Crippen LogP contribution in [0.1, 0.15) is 67.5 Å². The molecule has 270 valence electrons. The highest BCUT2D eigenvalue weighted by Gasteiger charge is 2.50. The lowest BCUT2D eigenvalue weighted by molar-refractivity contribution is -0.0450. The Morgan fingerprint density at radius 3 is 2.69 bits per heavy atom. The predicted molar refractivity (Wildman–Crippen MR) is 188 cm³/mol. The number of alkyl halides is 2. The van der Waals surface area contributed by atoms with E-state index in [4.69, 9.17) is 16.6 Å². The van der Waals surface area contributed by atoms with E-state index in [0.29, 0.717) is 50.0 Å². The first-order chi connectivity index (χ1) is 24.4. The Morgan fingerprint density at radius 1 is 1.20 bits per heavy atom. The van der Waals surface area contributed by atoms with Gasteiger partial charge in [0, 0.05) is 83.8 Å². The van der Waals surface area contributed by atoms with Crippen LogP contribution in [0.15, 0.2) is 77.3 Å². The third-order valence-corrected chi connectivity index (χ3v) is 12.9. The number of aliphatic imine (C=N–C) groups is 1. The third kappa shape index (κ3) is 6.61. The molecule has 0 spiro atoms. The van der Waals surface area contributed by atoms with Crippen molar-refractivity contribution >= 4 is 44.6 Å². The quantitative estimate of drug-likeness (QED) is 0.192. The molecule has 2 fully saturated rings. The van der Waals surface area contributed by atoms with Crippen LogP contribution in [-0.4, -0.2) is 74.0 Å². The zero-order chi connectivity index (χ0) is 36.1. The second-order valence-electron chi connectivity index (χ2n) is 13.0. The fourth-order valence-electron chi connectivity index (χ4n) is 7.58. The molecule has 11 nitrogen and oxygen atoms in total. The van der Waals surface area contributed by atoms with Gasteiger partial charge in [0.2, 0.25) is 0 Å². The van der Waals surface area contributed by atoms with Crippen molar-refractivity contribution in [3.8, 4) is 0 Å². The molecule has 5 atom stereocenters. The molecule has 1 saturated carbocycles. The van der Waals surface area contributed by atoms with Gasteiger partial charge in [-0.15, -0.1) is 11.3 Å². The number of nitrogens with zero attached hydrogens (tertiary/aromatic N) is 7. The van der Waals surface area contributed by atoms with E-state index in [0.717, 1.165) is 12.5 Å². The number of thiazole rings is 1. The van der Waals surface area contributed by atoms with E-state index >= 15 is 0 Å². The third-order valence-electron chi connectivity index (χ3n) is 10.1. The molecule has 1 saturated heterocycles. The first-order valence-electron chi connectivity index (χ1n) is 16.6. The van der Waals surface area contributed by atoms with Crippen molar-refractivity contribution < 1.29 is 26.7 Å². The van der Waals surface area contributed by atoms with Gasteiger partial charge in [-0.05, 0) is 48.6 Å². The molecule has 4 unspecified atom stereocenters. The molecule has 0 bridgehead atoms. The average molecular weight is 761 g/mol. The molecular weight excluding hydrogens is 725 g/mol. The van der Waals surface area contributed by atoms with Crippen LogP contribution in [0.5, 0.6) is 0 Å². The van der Waals surface area contributed by atoms with Gasteiger partial charge in [0.15, 0.2) is 10.8 Å². The number of benzene rings is 1. The number of pyridine rings is 1. The summed E-state index contributed by atoms with van der Waals surface area (Å²) in [6.07, 6.45) is 7.28. The summed E-state index contributed by atoms with van der Waals surface area (Å²) in [5, 5.41) is 18.2. The number of halogens is 4. The van der Waals surface area contributed by atoms with Crippen LogP contribution in [0, 0.1) is 17.7 Å². The summed E-state index contributed by atoms with van der Waals surface area (Å²) in [6.45, 7) is 1.22. The van der Waals surface area contributed by atoms with Crippen LogP contribution in [-0.2, 0) is 15.8 Å². The van der Waals surface area contributed by atoms with Crippen molar-refractivity contribution in [3.05, 3.63) is 105 Å². The van der Waals surface area contributed by atoms with Crippen molar-refractivity contribution in [1.29, 1.82) is 0 Å². The molecule has 2 aliphatic heterocycles. The summed E-state index contributed by atoms with van der Waals surface area (Å²) < 4.78 is 74.7. The highest BCUT2D eigenvalue weighted by atomic mass is 35.5. The van der Waals surface area contributed by atoms with Gasteiger partial charge in [-0.1, -0.05) is 37.6 Å². The normalized spacial score (nSPS) is 25.3. The molecule has 4 aromatic rings. The van der Waals surface area contributed by atoms with Crippen LogP contribution in [0.3, 0.4) is 0 Å². The van der Waals surface area contributed by atoms with E-state index in [1.165, 1.54) is 40.2 Å². The van der Waals surface area contributed by atoms with Crippen LogP contribution in [0.4, 0.5) is 13.2 Å². The van der Waals surface area contributed by atoms with E-state index in [1.54, 1.807) is 36.8 Å².